The predicted molar refractivity (Wildman–Crippen MR) is 107 cm³/mol. The zero-order chi connectivity index (χ0) is 19.7. The van der Waals surface area contributed by atoms with Crippen molar-refractivity contribution in [2.24, 2.45) is 0 Å². The van der Waals surface area contributed by atoms with Gasteiger partial charge < -0.3 is 19.3 Å². The first kappa shape index (κ1) is 19.7. The van der Waals surface area contributed by atoms with Crippen molar-refractivity contribution in [2.45, 2.75) is 76.1 Å². The summed E-state index contributed by atoms with van der Waals surface area (Å²) in [4.78, 5) is 25.7. The van der Waals surface area contributed by atoms with Crippen LogP contribution in [0.4, 0.5) is 5.95 Å². The number of anilines is 1. The van der Waals surface area contributed by atoms with E-state index < -0.39 is 0 Å². The molecule has 0 aliphatic carbocycles. The van der Waals surface area contributed by atoms with Crippen LogP contribution >= 0.6 is 11.6 Å². The van der Waals surface area contributed by atoms with E-state index in [1.807, 2.05) is 14.0 Å². The van der Waals surface area contributed by atoms with Gasteiger partial charge in [-0.05, 0) is 32.1 Å². The number of nitrogens with zero attached hydrogens (tertiary/aromatic N) is 4. The van der Waals surface area contributed by atoms with Crippen LogP contribution in [0.1, 0.15) is 51.9 Å². The number of ether oxygens (including phenoxy) is 2. The Kier molecular flexibility index (Phi) is 5.92. The van der Waals surface area contributed by atoms with Crippen LogP contribution in [0.25, 0.3) is 0 Å². The minimum Gasteiger partial charge on any atom is -0.472 e. The minimum atomic E-state index is 0.0202. The topological polar surface area (TPSA) is 67.8 Å². The predicted octanol–water partition coefficient (Wildman–Crippen LogP) is 3.06. The lowest BCUT2D eigenvalue weighted by Crippen LogP contribution is -2.58. The standard InChI is InChI=1S/C20H29ClN4O3/c1-3-19(26)25-13-5-4-6-14(25)10-15(9-13)24(2)20-22-17(21)11-18(23-20)28-16-7-8-27-12-16/h11,13-16H,3-10,12H2,1-2H3/t13-,14+,15-,16-/m1/s1. The van der Waals surface area contributed by atoms with Crippen molar-refractivity contribution in [1.82, 2.24) is 14.9 Å². The maximum Gasteiger partial charge on any atom is 0.230 e. The Hall–Kier alpha value is -1.60. The van der Waals surface area contributed by atoms with E-state index in [1.165, 1.54) is 6.42 Å². The fourth-order valence-electron chi connectivity index (χ4n) is 4.80. The highest BCUT2D eigenvalue weighted by Crippen LogP contribution is 2.37. The third kappa shape index (κ3) is 4.06. The molecular weight excluding hydrogens is 380 g/mol. The van der Waals surface area contributed by atoms with E-state index in [4.69, 9.17) is 21.1 Å². The highest BCUT2D eigenvalue weighted by Gasteiger charge is 2.41. The van der Waals surface area contributed by atoms with Crippen molar-refractivity contribution in [1.29, 1.82) is 0 Å². The second kappa shape index (κ2) is 8.41. The first-order chi connectivity index (χ1) is 13.5. The van der Waals surface area contributed by atoms with Gasteiger partial charge in [0.1, 0.15) is 11.3 Å². The van der Waals surface area contributed by atoms with Gasteiger partial charge in [0.05, 0.1) is 13.2 Å². The number of rotatable bonds is 5. The molecule has 3 aliphatic rings. The third-order valence-electron chi connectivity index (χ3n) is 6.24. The molecule has 4 heterocycles. The van der Waals surface area contributed by atoms with Gasteiger partial charge in [-0.1, -0.05) is 18.5 Å². The molecule has 1 aromatic heterocycles. The summed E-state index contributed by atoms with van der Waals surface area (Å²) in [6.07, 6.45) is 6.72. The van der Waals surface area contributed by atoms with Crippen molar-refractivity contribution in [3.05, 3.63) is 11.2 Å². The van der Waals surface area contributed by atoms with E-state index >= 15 is 0 Å². The van der Waals surface area contributed by atoms with Crippen molar-refractivity contribution in [2.75, 3.05) is 25.2 Å². The van der Waals surface area contributed by atoms with E-state index in [2.05, 4.69) is 19.8 Å². The molecule has 7 nitrogen and oxygen atoms in total. The number of hydrogen-bond acceptors (Lipinski definition) is 6. The zero-order valence-corrected chi connectivity index (χ0v) is 17.4. The van der Waals surface area contributed by atoms with Crippen LogP contribution in [0.2, 0.25) is 5.15 Å². The quantitative estimate of drug-likeness (QED) is 0.697. The number of carbonyl (C=O) groups is 1. The molecule has 1 aromatic rings. The van der Waals surface area contributed by atoms with E-state index in [0.717, 1.165) is 32.1 Å². The van der Waals surface area contributed by atoms with Crippen molar-refractivity contribution in [3.8, 4) is 5.88 Å². The number of carbonyl (C=O) groups excluding carboxylic acids is 1. The van der Waals surface area contributed by atoms with Gasteiger partial charge in [-0.25, -0.2) is 4.98 Å². The van der Waals surface area contributed by atoms with Gasteiger partial charge in [0.25, 0.3) is 0 Å². The van der Waals surface area contributed by atoms with E-state index in [1.54, 1.807) is 6.07 Å². The van der Waals surface area contributed by atoms with Gasteiger partial charge in [-0.2, -0.15) is 4.98 Å². The number of amides is 1. The third-order valence-corrected chi connectivity index (χ3v) is 6.43. The van der Waals surface area contributed by atoms with Crippen molar-refractivity contribution in [3.63, 3.8) is 0 Å². The number of piperidine rings is 2. The molecule has 3 saturated heterocycles. The Balaban J connectivity index is 1.49. The van der Waals surface area contributed by atoms with E-state index in [-0.39, 0.29) is 18.1 Å². The van der Waals surface area contributed by atoms with Crippen LogP contribution in [0.5, 0.6) is 5.88 Å². The summed E-state index contributed by atoms with van der Waals surface area (Å²) < 4.78 is 11.3. The van der Waals surface area contributed by atoms with Gasteiger partial charge >= 0.3 is 0 Å². The van der Waals surface area contributed by atoms with Crippen LogP contribution in [0.3, 0.4) is 0 Å². The lowest BCUT2D eigenvalue weighted by atomic mass is 9.81. The number of aromatic nitrogens is 2. The van der Waals surface area contributed by atoms with E-state index in [0.29, 0.717) is 48.7 Å². The van der Waals surface area contributed by atoms with Crippen LogP contribution in [0.15, 0.2) is 6.07 Å². The second-order valence-electron chi connectivity index (χ2n) is 8.06. The molecule has 0 spiro atoms. The number of halogens is 1. The summed E-state index contributed by atoms with van der Waals surface area (Å²) in [5, 5.41) is 0.379. The largest absolute Gasteiger partial charge is 0.472 e. The van der Waals surface area contributed by atoms with Crippen LogP contribution < -0.4 is 9.64 Å². The first-order valence-corrected chi connectivity index (χ1v) is 10.8. The molecule has 4 atom stereocenters. The van der Waals surface area contributed by atoms with Gasteiger partial charge in [0.15, 0.2) is 0 Å². The fourth-order valence-corrected chi connectivity index (χ4v) is 4.97. The van der Waals surface area contributed by atoms with Crippen molar-refractivity contribution >= 4 is 23.5 Å². The lowest BCUT2D eigenvalue weighted by molar-refractivity contribution is -0.140. The molecule has 8 heteroatoms. The highest BCUT2D eigenvalue weighted by molar-refractivity contribution is 6.29. The highest BCUT2D eigenvalue weighted by atomic mass is 35.5. The Bertz CT molecular complexity index is 699. The van der Waals surface area contributed by atoms with E-state index in [9.17, 15) is 4.79 Å². The van der Waals surface area contributed by atoms with Crippen LogP contribution in [0, 0.1) is 0 Å². The molecule has 0 unspecified atom stereocenters. The molecule has 28 heavy (non-hydrogen) atoms. The summed E-state index contributed by atoms with van der Waals surface area (Å²) in [5.41, 5.74) is 0. The molecule has 0 radical (unpaired) electrons. The summed E-state index contributed by atoms with van der Waals surface area (Å²) in [6.45, 7) is 3.25. The Morgan fingerprint density at radius 2 is 2.07 bits per heavy atom. The fraction of sp³-hybridized carbons (Fsp3) is 0.750. The Labute approximate surface area is 171 Å². The second-order valence-corrected chi connectivity index (χ2v) is 8.45. The molecule has 0 N–H and O–H groups in total. The molecule has 0 saturated carbocycles. The summed E-state index contributed by atoms with van der Waals surface area (Å²) in [7, 11) is 2.02. The normalized spacial score (nSPS) is 29.6. The van der Waals surface area contributed by atoms with Crippen LogP contribution in [-0.2, 0) is 9.53 Å². The van der Waals surface area contributed by atoms with Gasteiger partial charge in [-0.15, -0.1) is 0 Å². The van der Waals surface area contributed by atoms with Gasteiger partial charge in [-0.3, -0.25) is 4.79 Å². The van der Waals surface area contributed by atoms with Gasteiger partial charge in [0.2, 0.25) is 17.7 Å². The molecule has 3 aliphatic heterocycles. The van der Waals surface area contributed by atoms with Crippen LogP contribution in [-0.4, -0.2) is 65.3 Å². The lowest BCUT2D eigenvalue weighted by Gasteiger charge is -2.50. The van der Waals surface area contributed by atoms with Crippen molar-refractivity contribution < 1.29 is 14.3 Å². The molecule has 1 amide bonds. The Morgan fingerprint density at radius 3 is 2.71 bits per heavy atom. The Morgan fingerprint density at radius 1 is 1.32 bits per heavy atom. The van der Waals surface area contributed by atoms with Gasteiger partial charge in [0, 0.05) is 44.1 Å². The molecular formula is C20H29ClN4O3. The monoisotopic (exact) mass is 408 g/mol. The maximum absolute atomic E-state index is 12.4. The first-order valence-electron chi connectivity index (χ1n) is 10.4. The summed E-state index contributed by atoms with van der Waals surface area (Å²) >= 11 is 6.26. The average molecular weight is 409 g/mol. The average Bonchev–Trinajstić information content (AvgIpc) is 3.18. The molecule has 2 bridgehead atoms. The maximum atomic E-state index is 12.4. The molecule has 0 aromatic carbocycles. The number of hydrogen-bond donors (Lipinski definition) is 0. The SMILES string of the molecule is CCC(=O)N1[C@@H]2CCC[C@H]1C[C@H](N(C)c1nc(Cl)cc(O[C@@H]3CCOC3)n1)C2. The molecule has 154 valence electrons. The zero-order valence-electron chi connectivity index (χ0n) is 16.6. The smallest absolute Gasteiger partial charge is 0.230 e. The molecule has 3 fully saturated rings. The molecule has 4 rings (SSSR count). The number of fused-ring (bicyclic) bond motifs is 2. The summed E-state index contributed by atoms with van der Waals surface area (Å²) in [6, 6.07) is 2.59. The summed E-state index contributed by atoms with van der Waals surface area (Å²) in [5.74, 6) is 1.36. The minimum absolute atomic E-state index is 0.0202.